The molecule has 0 saturated carbocycles. The van der Waals surface area contributed by atoms with Crippen LogP contribution in [0.25, 0.3) is 0 Å². The highest BCUT2D eigenvalue weighted by Gasteiger charge is 2.43. The first kappa shape index (κ1) is 16.4. The second kappa shape index (κ2) is 5.90. The molecule has 2 aromatic carbocycles. The van der Waals surface area contributed by atoms with Gasteiger partial charge in [-0.05, 0) is 39.3 Å². The maximum Gasteiger partial charge on any atom is 0.212 e. The van der Waals surface area contributed by atoms with E-state index in [-0.39, 0.29) is 5.41 Å². The molecule has 0 atom stereocenters. The maximum absolute atomic E-state index is 4.73. The van der Waals surface area contributed by atoms with E-state index in [1.807, 2.05) is 18.3 Å². The number of hydrogen-bond donors (Lipinski definition) is 0. The lowest BCUT2D eigenvalue weighted by Crippen LogP contribution is -2.30. The Balaban J connectivity index is 1.93. The van der Waals surface area contributed by atoms with E-state index in [2.05, 4.69) is 81.8 Å². The summed E-state index contributed by atoms with van der Waals surface area (Å²) in [6.07, 6.45) is 2.00. The van der Waals surface area contributed by atoms with E-state index >= 15 is 0 Å². The van der Waals surface area contributed by atoms with Crippen LogP contribution in [-0.4, -0.2) is 30.6 Å². The second-order valence-electron chi connectivity index (χ2n) is 7.14. The molecule has 0 fully saturated rings. The Morgan fingerprint density at radius 2 is 1.79 bits per heavy atom. The van der Waals surface area contributed by atoms with E-state index in [9.17, 15) is 0 Å². The number of para-hydroxylation sites is 1. The Bertz CT molecular complexity index is 844. The predicted octanol–water partition coefficient (Wildman–Crippen LogP) is 4.43. The minimum atomic E-state index is -0.0436. The lowest BCUT2D eigenvalue weighted by atomic mass is 9.82. The Morgan fingerprint density at radius 1 is 1.08 bits per heavy atom. The van der Waals surface area contributed by atoms with Gasteiger partial charge in [0.1, 0.15) is 13.3 Å². The Morgan fingerprint density at radius 3 is 2.46 bits per heavy atom. The molecule has 0 bridgehead atoms. The van der Waals surface area contributed by atoms with E-state index in [1.54, 1.807) is 0 Å². The quantitative estimate of drug-likeness (QED) is 0.465. The zero-order chi connectivity index (χ0) is 17.5. The van der Waals surface area contributed by atoms with Gasteiger partial charge >= 0.3 is 0 Å². The minimum Gasteiger partial charge on any atom is -0.268 e. The highest BCUT2D eigenvalue weighted by Crippen LogP contribution is 2.38. The van der Waals surface area contributed by atoms with Gasteiger partial charge in [0.15, 0.2) is 0 Å². The van der Waals surface area contributed by atoms with Crippen LogP contribution in [0.2, 0.25) is 0 Å². The Hall–Kier alpha value is -2.42. The fourth-order valence-corrected chi connectivity index (χ4v) is 3.60. The van der Waals surface area contributed by atoms with Crippen molar-refractivity contribution in [3.05, 3.63) is 59.2 Å². The monoisotopic (exact) mass is 320 g/mol. The molecule has 24 heavy (non-hydrogen) atoms. The highest BCUT2D eigenvalue weighted by molar-refractivity contribution is 6.33. The molecular weight excluding hydrogens is 294 g/mol. The number of anilines is 1. The fourth-order valence-electron chi connectivity index (χ4n) is 3.60. The number of fused-ring (bicyclic) bond motifs is 1. The third-order valence-corrected chi connectivity index (χ3v) is 4.99. The molecular formula is C21H26N3+. The minimum absolute atomic E-state index is 0.0436. The molecule has 0 unspecified atom stereocenters. The third kappa shape index (κ3) is 2.64. The zero-order valence-electron chi connectivity index (χ0n) is 15.5. The van der Waals surface area contributed by atoms with Crippen molar-refractivity contribution in [2.45, 2.75) is 33.1 Å². The molecule has 3 heteroatoms. The predicted molar refractivity (Wildman–Crippen MR) is 103 cm³/mol. The fraction of sp³-hybridized carbons (Fsp3) is 0.333. The number of hydrogen-bond acceptors (Lipinski definition) is 2. The molecule has 1 aliphatic rings. The first-order valence-electron chi connectivity index (χ1n) is 8.38. The molecule has 3 rings (SSSR count). The van der Waals surface area contributed by atoms with E-state index in [0.717, 1.165) is 5.69 Å². The van der Waals surface area contributed by atoms with Crippen LogP contribution in [-0.2, 0) is 5.41 Å². The summed E-state index contributed by atoms with van der Waals surface area (Å²) < 4.78 is 2.24. The van der Waals surface area contributed by atoms with Crippen LogP contribution in [0.1, 0.15) is 30.5 Å². The van der Waals surface area contributed by atoms with Crippen LogP contribution >= 0.6 is 0 Å². The Labute approximate surface area is 144 Å². The second-order valence-corrected chi connectivity index (χ2v) is 7.14. The summed E-state index contributed by atoms with van der Waals surface area (Å²) in [5.74, 6) is 0. The van der Waals surface area contributed by atoms with Crippen molar-refractivity contribution in [2.75, 3.05) is 19.1 Å². The van der Waals surface area contributed by atoms with Gasteiger partial charge in [-0.25, -0.2) is 0 Å². The van der Waals surface area contributed by atoms with Gasteiger partial charge in [-0.3, -0.25) is 5.01 Å². The topological polar surface area (TPSA) is 18.6 Å². The summed E-state index contributed by atoms with van der Waals surface area (Å²) in [6, 6.07) is 15.0. The van der Waals surface area contributed by atoms with Gasteiger partial charge in [0, 0.05) is 18.7 Å². The SMILES string of the molecule is Cc1ccc(N(C)/N=C/C2=[N+](C)c3ccccc3C2(C)C)c(C)c1. The Kier molecular flexibility index (Phi) is 4.04. The first-order valence-corrected chi connectivity index (χ1v) is 8.38. The van der Waals surface area contributed by atoms with E-state index < -0.39 is 0 Å². The van der Waals surface area contributed by atoms with Gasteiger partial charge in [-0.15, -0.1) is 0 Å². The molecule has 1 heterocycles. The van der Waals surface area contributed by atoms with Gasteiger partial charge in [-0.1, -0.05) is 35.9 Å². The summed E-state index contributed by atoms with van der Waals surface area (Å²) in [5, 5.41) is 6.68. The van der Waals surface area contributed by atoms with Crippen molar-refractivity contribution in [2.24, 2.45) is 5.10 Å². The van der Waals surface area contributed by atoms with Crippen molar-refractivity contribution in [3.63, 3.8) is 0 Å². The summed E-state index contributed by atoms with van der Waals surface area (Å²) in [6.45, 7) is 8.76. The van der Waals surface area contributed by atoms with E-state index in [0.29, 0.717) is 0 Å². The number of nitrogens with zero attached hydrogens (tertiary/aromatic N) is 3. The van der Waals surface area contributed by atoms with Crippen molar-refractivity contribution in [1.29, 1.82) is 0 Å². The summed E-state index contributed by atoms with van der Waals surface area (Å²) in [7, 11) is 4.12. The van der Waals surface area contributed by atoms with Gasteiger partial charge in [-0.2, -0.15) is 9.68 Å². The van der Waals surface area contributed by atoms with Gasteiger partial charge in [0.25, 0.3) is 0 Å². The largest absolute Gasteiger partial charge is 0.268 e. The highest BCUT2D eigenvalue weighted by atomic mass is 15.4. The molecule has 0 saturated heterocycles. The van der Waals surface area contributed by atoms with Gasteiger partial charge in [0.2, 0.25) is 11.4 Å². The molecule has 124 valence electrons. The summed E-state index contributed by atoms with van der Waals surface area (Å²) in [4.78, 5) is 0. The number of rotatable bonds is 3. The van der Waals surface area contributed by atoms with Crippen LogP contribution in [0.3, 0.4) is 0 Å². The molecule has 2 aromatic rings. The molecule has 0 spiro atoms. The van der Waals surface area contributed by atoms with Crippen LogP contribution in [0.15, 0.2) is 47.6 Å². The number of hydrazone groups is 1. The lowest BCUT2D eigenvalue weighted by molar-refractivity contribution is -0.400. The molecule has 0 amide bonds. The van der Waals surface area contributed by atoms with E-state index in [4.69, 9.17) is 5.10 Å². The smallest absolute Gasteiger partial charge is 0.212 e. The van der Waals surface area contributed by atoms with Crippen LogP contribution in [0.5, 0.6) is 0 Å². The van der Waals surface area contributed by atoms with Crippen LogP contribution < -0.4 is 5.01 Å². The molecule has 0 aliphatic carbocycles. The average Bonchev–Trinajstić information content (AvgIpc) is 2.72. The van der Waals surface area contributed by atoms with Crippen LogP contribution in [0.4, 0.5) is 11.4 Å². The average molecular weight is 320 g/mol. The number of aryl methyl sites for hydroxylation is 2. The molecule has 0 aromatic heterocycles. The van der Waals surface area contributed by atoms with Crippen molar-refractivity contribution in [3.8, 4) is 0 Å². The maximum atomic E-state index is 4.73. The van der Waals surface area contributed by atoms with Crippen molar-refractivity contribution < 1.29 is 4.58 Å². The van der Waals surface area contributed by atoms with Gasteiger partial charge < -0.3 is 0 Å². The number of benzene rings is 2. The molecule has 0 N–H and O–H groups in total. The van der Waals surface area contributed by atoms with Crippen LogP contribution in [0, 0.1) is 13.8 Å². The zero-order valence-corrected chi connectivity index (χ0v) is 15.5. The molecule has 0 radical (unpaired) electrons. The summed E-state index contributed by atoms with van der Waals surface area (Å²) in [5.41, 5.74) is 7.42. The molecule has 3 nitrogen and oxygen atoms in total. The van der Waals surface area contributed by atoms with Crippen molar-refractivity contribution >= 4 is 23.3 Å². The molecule has 1 aliphatic heterocycles. The van der Waals surface area contributed by atoms with Crippen molar-refractivity contribution in [1.82, 2.24) is 0 Å². The van der Waals surface area contributed by atoms with E-state index in [1.165, 1.54) is 28.1 Å². The normalized spacial score (nSPS) is 15.9. The first-order chi connectivity index (χ1) is 11.3. The third-order valence-electron chi connectivity index (χ3n) is 4.99. The lowest BCUT2D eigenvalue weighted by Gasteiger charge is -2.18. The summed E-state index contributed by atoms with van der Waals surface area (Å²) >= 11 is 0. The standard InChI is InChI=1S/C21H26N3/c1-15-11-12-18(16(2)13-15)24(6)22-14-20-21(3,4)17-9-7-8-10-19(17)23(20)5/h7-14H,1-6H3/q+1. The van der Waals surface area contributed by atoms with Gasteiger partial charge in [0.05, 0.1) is 11.1 Å².